The van der Waals surface area contributed by atoms with Gasteiger partial charge < -0.3 is 5.73 Å². The van der Waals surface area contributed by atoms with E-state index < -0.39 is 21.5 Å². The Bertz CT molecular complexity index is 979. The van der Waals surface area contributed by atoms with E-state index in [4.69, 9.17) is 5.73 Å². The Morgan fingerprint density at radius 1 is 1.11 bits per heavy atom. The van der Waals surface area contributed by atoms with Crippen molar-refractivity contribution in [1.29, 1.82) is 0 Å². The van der Waals surface area contributed by atoms with Gasteiger partial charge in [-0.15, -0.1) is 0 Å². The molecule has 0 saturated carbocycles. The van der Waals surface area contributed by atoms with E-state index in [1.165, 1.54) is 22.3 Å². The molecule has 1 aromatic carbocycles. The molecule has 28 heavy (non-hydrogen) atoms. The summed E-state index contributed by atoms with van der Waals surface area (Å²) in [5.74, 6) is -0.448. The van der Waals surface area contributed by atoms with Gasteiger partial charge in [-0.3, -0.25) is 4.79 Å². The van der Waals surface area contributed by atoms with E-state index in [1.54, 1.807) is 6.08 Å². The lowest BCUT2D eigenvalue weighted by Crippen LogP contribution is -2.34. The second-order valence-corrected chi connectivity index (χ2v) is 10.5. The Kier molecular flexibility index (Phi) is 4.74. The number of allylic oxidation sites excluding steroid dienone is 2. The third-order valence-corrected chi connectivity index (χ3v) is 7.58. The van der Waals surface area contributed by atoms with E-state index in [0.29, 0.717) is 0 Å². The summed E-state index contributed by atoms with van der Waals surface area (Å²) >= 11 is 0. The van der Waals surface area contributed by atoms with E-state index in [2.05, 4.69) is 10.8 Å². The summed E-state index contributed by atoms with van der Waals surface area (Å²) in [6.45, 7) is 3.67. The van der Waals surface area contributed by atoms with E-state index >= 15 is 0 Å². The van der Waals surface area contributed by atoms with Gasteiger partial charge in [-0.2, -0.15) is 0 Å². The fourth-order valence-electron chi connectivity index (χ4n) is 4.70. The molecule has 0 bridgehead atoms. The number of rotatable bonds is 5. The van der Waals surface area contributed by atoms with Crippen LogP contribution in [0.3, 0.4) is 0 Å². The second-order valence-electron chi connectivity index (χ2n) is 8.74. The van der Waals surface area contributed by atoms with Crippen LogP contribution in [0.2, 0.25) is 0 Å². The van der Waals surface area contributed by atoms with E-state index in [-0.39, 0.29) is 17.7 Å². The van der Waals surface area contributed by atoms with Crippen molar-refractivity contribution in [2.45, 2.75) is 70.8 Å². The topological polar surface area (TPSA) is 89.3 Å². The predicted octanol–water partition coefficient (Wildman–Crippen LogP) is 2.60. The number of hydrogen-bond acceptors (Lipinski definition) is 4. The largest absolute Gasteiger partial charge is 0.322 e. The monoisotopic (exact) mass is 400 g/mol. The molecule has 0 saturated heterocycles. The van der Waals surface area contributed by atoms with Gasteiger partial charge in [0.15, 0.2) is 0 Å². The number of fused-ring (bicyclic) bond motifs is 2. The molecule has 0 aromatic heterocycles. The van der Waals surface area contributed by atoms with Gasteiger partial charge in [-0.05, 0) is 91.8 Å². The molecule has 0 radical (unpaired) electrons. The lowest BCUT2D eigenvalue weighted by molar-refractivity contribution is -0.118. The highest BCUT2D eigenvalue weighted by Gasteiger charge is 2.29. The molecule has 0 aliphatic heterocycles. The summed E-state index contributed by atoms with van der Waals surface area (Å²) in [5, 5.41) is 0. The highest BCUT2D eigenvalue weighted by atomic mass is 32.2. The standard InChI is InChI=1S/C22H28N2O3S/c1-22(2,23)16-9-10-17(12-16)28(26,27)24-21(25)13-20-18-7-3-5-14(18)11-15-6-4-8-19(15)20/h9,11-12H,3-8,10,13,23H2,1-2H3,(H,24,25). The van der Waals surface area contributed by atoms with Gasteiger partial charge in [-0.1, -0.05) is 12.1 Å². The predicted molar refractivity (Wildman–Crippen MR) is 110 cm³/mol. The zero-order valence-corrected chi connectivity index (χ0v) is 17.4. The van der Waals surface area contributed by atoms with E-state index in [9.17, 15) is 13.2 Å². The molecule has 0 spiro atoms. The molecule has 0 fully saturated rings. The quantitative estimate of drug-likeness (QED) is 0.795. The first-order valence-corrected chi connectivity index (χ1v) is 11.5. The third-order valence-electron chi connectivity index (χ3n) is 6.11. The SMILES string of the molecule is CC(C)(N)C1=CCC(S(=O)(=O)NC(=O)Cc2c3c(cc4c2CCC4)CCC3)=C1. The number of nitrogens with one attached hydrogen (secondary N) is 1. The van der Waals surface area contributed by atoms with Crippen LogP contribution in [0.4, 0.5) is 0 Å². The highest BCUT2D eigenvalue weighted by Crippen LogP contribution is 2.35. The van der Waals surface area contributed by atoms with Crippen molar-refractivity contribution in [3.8, 4) is 0 Å². The minimum absolute atomic E-state index is 0.140. The third kappa shape index (κ3) is 3.55. The highest BCUT2D eigenvalue weighted by molar-refractivity contribution is 7.93. The minimum Gasteiger partial charge on any atom is -0.322 e. The van der Waals surface area contributed by atoms with Gasteiger partial charge in [0.1, 0.15) is 0 Å². The maximum Gasteiger partial charge on any atom is 0.260 e. The lowest BCUT2D eigenvalue weighted by atomic mass is 9.92. The van der Waals surface area contributed by atoms with Crippen molar-refractivity contribution in [2.75, 3.05) is 0 Å². The average Bonchev–Trinajstić information content (AvgIpc) is 3.33. The molecule has 3 N–H and O–H groups in total. The van der Waals surface area contributed by atoms with Gasteiger partial charge in [-0.25, -0.2) is 13.1 Å². The first kappa shape index (κ1) is 19.4. The molecular formula is C22H28N2O3S. The first-order chi connectivity index (χ1) is 13.1. The number of nitrogens with two attached hydrogens (primary N) is 1. The van der Waals surface area contributed by atoms with E-state index in [0.717, 1.165) is 49.7 Å². The molecule has 0 unspecified atom stereocenters. The number of benzene rings is 1. The average molecular weight is 401 g/mol. The molecule has 5 nitrogen and oxygen atoms in total. The van der Waals surface area contributed by atoms with Gasteiger partial charge in [0.25, 0.3) is 10.0 Å². The molecule has 1 amide bonds. The smallest absolute Gasteiger partial charge is 0.260 e. The van der Waals surface area contributed by atoms with Crippen molar-refractivity contribution in [3.63, 3.8) is 0 Å². The van der Waals surface area contributed by atoms with Crippen LogP contribution in [0.15, 0.2) is 28.7 Å². The van der Waals surface area contributed by atoms with Crippen molar-refractivity contribution >= 4 is 15.9 Å². The van der Waals surface area contributed by atoms with E-state index in [1.807, 2.05) is 19.9 Å². The maximum absolute atomic E-state index is 12.7. The number of carbonyl (C=O) groups excluding carboxylic acids is 1. The molecule has 1 aromatic rings. The van der Waals surface area contributed by atoms with Gasteiger partial charge in [0, 0.05) is 12.0 Å². The summed E-state index contributed by atoms with van der Waals surface area (Å²) in [4.78, 5) is 12.9. The number of aryl methyl sites for hydroxylation is 2. The maximum atomic E-state index is 12.7. The molecule has 3 aliphatic rings. The van der Waals surface area contributed by atoms with Crippen LogP contribution in [0.1, 0.15) is 60.9 Å². The molecule has 4 rings (SSSR count). The van der Waals surface area contributed by atoms with Gasteiger partial charge in [0.2, 0.25) is 5.91 Å². The first-order valence-electron chi connectivity index (χ1n) is 10.1. The van der Waals surface area contributed by atoms with Crippen LogP contribution in [-0.4, -0.2) is 19.9 Å². The Balaban J connectivity index is 1.54. The Morgan fingerprint density at radius 3 is 2.25 bits per heavy atom. The van der Waals surface area contributed by atoms with Gasteiger partial charge in [0.05, 0.1) is 11.3 Å². The molecule has 6 heteroatoms. The normalized spacial score (nSPS) is 18.5. The Hall–Kier alpha value is -1.92. The molecule has 3 aliphatic carbocycles. The summed E-state index contributed by atoms with van der Waals surface area (Å²) in [5.41, 5.74) is 12.6. The number of amides is 1. The summed E-state index contributed by atoms with van der Waals surface area (Å²) < 4.78 is 27.7. The fraction of sp³-hybridized carbons (Fsp3) is 0.500. The van der Waals surface area contributed by atoms with Crippen LogP contribution in [0.25, 0.3) is 0 Å². The number of sulfonamides is 1. The minimum atomic E-state index is -3.85. The second kappa shape index (κ2) is 6.85. The number of carbonyl (C=O) groups is 1. The fourth-order valence-corrected chi connectivity index (χ4v) is 5.79. The van der Waals surface area contributed by atoms with Crippen molar-refractivity contribution in [3.05, 3.63) is 56.5 Å². The summed E-state index contributed by atoms with van der Waals surface area (Å²) in [6.07, 6.45) is 10.1. The zero-order chi connectivity index (χ0) is 20.1. The van der Waals surface area contributed by atoms with Crippen LogP contribution in [-0.2, 0) is 46.9 Å². The summed E-state index contributed by atoms with van der Waals surface area (Å²) in [7, 11) is -3.85. The lowest BCUT2D eigenvalue weighted by Gasteiger charge is -2.18. The van der Waals surface area contributed by atoms with Crippen LogP contribution in [0, 0.1) is 0 Å². The van der Waals surface area contributed by atoms with Crippen molar-refractivity contribution < 1.29 is 13.2 Å². The molecule has 0 heterocycles. The number of hydrogen-bond donors (Lipinski definition) is 2. The van der Waals surface area contributed by atoms with Crippen molar-refractivity contribution in [1.82, 2.24) is 4.72 Å². The van der Waals surface area contributed by atoms with Crippen LogP contribution < -0.4 is 10.5 Å². The molecular weight excluding hydrogens is 372 g/mol. The Morgan fingerprint density at radius 2 is 1.71 bits per heavy atom. The molecule has 0 atom stereocenters. The van der Waals surface area contributed by atoms with Crippen molar-refractivity contribution in [2.24, 2.45) is 5.73 Å². The van der Waals surface area contributed by atoms with Crippen LogP contribution >= 0.6 is 0 Å². The zero-order valence-electron chi connectivity index (χ0n) is 16.6. The van der Waals surface area contributed by atoms with Gasteiger partial charge >= 0.3 is 0 Å². The summed E-state index contributed by atoms with van der Waals surface area (Å²) in [6, 6.07) is 2.31. The Labute approximate surface area is 167 Å². The molecule has 150 valence electrons. The van der Waals surface area contributed by atoms with Crippen LogP contribution in [0.5, 0.6) is 0 Å².